The Hall–Kier alpha value is -2.13. The average Bonchev–Trinajstić information content (AvgIpc) is 2.60. The molecule has 7 nitrogen and oxygen atoms in total. The second kappa shape index (κ2) is 4.16. The first kappa shape index (κ1) is 11.9. The van der Waals surface area contributed by atoms with Gasteiger partial charge in [-0.25, -0.2) is 4.79 Å². The Kier molecular flexibility index (Phi) is 3.11. The molecule has 0 aromatic carbocycles. The Labute approximate surface area is 85.3 Å². The van der Waals surface area contributed by atoms with Crippen molar-refractivity contribution in [3.8, 4) is 0 Å². The summed E-state index contributed by atoms with van der Waals surface area (Å²) in [7, 11) is 0. The molecule has 0 saturated heterocycles. The zero-order valence-electron chi connectivity index (χ0n) is 7.41. The summed E-state index contributed by atoms with van der Waals surface area (Å²) in [6.07, 6.45) is -5.02. The highest BCUT2D eigenvalue weighted by molar-refractivity contribution is 5.82. The van der Waals surface area contributed by atoms with E-state index in [0.29, 0.717) is 0 Å². The SMILES string of the molecule is O=C(O)c1nnc(CNC(=O)C(F)(F)F)o1. The van der Waals surface area contributed by atoms with Gasteiger partial charge in [-0.2, -0.15) is 13.2 Å². The standard InChI is InChI=1S/C6H4F3N3O4/c7-6(8,9)5(15)10-1-2-11-12-3(16-2)4(13)14/h1H2,(H,10,15)(H,13,14). The topological polar surface area (TPSA) is 105 Å². The molecule has 0 atom stereocenters. The molecule has 0 saturated carbocycles. The monoisotopic (exact) mass is 239 g/mol. The minimum Gasteiger partial charge on any atom is -0.474 e. The van der Waals surface area contributed by atoms with Gasteiger partial charge in [0.2, 0.25) is 5.89 Å². The van der Waals surface area contributed by atoms with Crippen LogP contribution in [0, 0.1) is 0 Å². The number of aromatic carboxylic acids is 1. The second-order valence-corrected chi connectivity index (χ2v) is 2.49. The third-order valence-corrected chi connectivity index (χ3v) is 1.31. The predicted octanol–water partition coefficient (Wildman–Crippen LogP) is -0.0537. The van der Waals surface area contributed by atoms with Crippen LogP contribution in [-0.4, -0.2) is 33.4 Å². The summed E-state index contributed by atoms with van der Waals surface area (Å²) in [5.41, 5.74) is 0. The zero-order chi connectivity index (χ0) is 12.3. The Morgan fingerprint density at radius 1 is 1.38 bits per heavy atom. The maximum atomic E-state index is 11.7. The average molecular weight is 239 g/mol. The first-order valence-corrected chi connectivity index (χ1v) is 3.71. The van der Waals surface area contributed by atoms with Crippen molar-refractivity contribution in [1.29, 1.82) is 0 Å². The van der Waals surface area contributed by atoms with Gasteiger partial charge in [-0.1, -0.05) is 0 Å². The van der Waals surface area contributed by atoms with Crippen molar-refractivity contribution in [2.24, 2.45) is 0 Å². The zero-order valence-corrected chi connectivity index (χ0v) is 7.41. The number of hydrogen-bond donors (Lipinski definition) is 2. The molecule has 0 bridgehead atoms. The Morgan fingerprint density at radius 3 is 2.44 bits per heavy atom. The minimum atomic E-state index is -5.02. The first-order chi connectivity index (χ1) is 7.30. The second-order valence-electron chi connectivity index (χ2n) is 2.49. The molecule has 0 spiro atoms. The summed E-state index contributed by atoms with van der Waals surface area (Å²) in [5, 5.41) is 15.9. The molecule has 0 aliphatic carbocycles. The van der Waals surface area contributed by atoms with E-state index >= 15 is 0 Å². The van der Waals surface area contributed by atoms with Crippen LogP contribution < -0.4 is 5.32 Å². The van der Waals surface area contributed by atoms with Crippen molar-refractivity contribution in [2.45, 2.75) is 12.7 Å². The number of amides is 1. The molecular weight excluding hydrogens is 235 g/mol. The van der Waals surface area contributed by atoms with Crippen LogP contribution in [0.5, 0.6) is 0 Å². The van der Waals surface area contributed by atoms with Crippen LogP contribution >= 0.6 is 0 Å². The Bertz CT molecular complexity index is 413. The van der Waals surface area contributed by atoms with Crippen LogP contribution in [0.2, 0.25) is 0 Å². The van der Waals surface area contributed by atoms with Crippen LogP contribution in [0.4, 0.5) is 13.2 Å². The molecule has 1 aromatic rings. The van der Waals surface area contributed by atoms with E-state index in [1.165, 1.54) is 5.32 Å². The van der Waals surface area contributed by atoms with Crippen LogP contribution in [0.15, 0.2) is 4.42 Å². The van der Waals surface area contributed by atoms with Crippen LogP contribution in [0.3, 0.4) is 0 Å². The number of hydrogen-bond acceptors (Lipinski definition) is 5. The van der Waals surface area contributed by atoms with Crippen LogP contribution in [-0.2, 0) is 11.3 Å². The smallest absolute Gasteiger partial charge is 0.471 e. The number of carboxylic acids is 1. The number of halogens is 3. The minimum absolute atomic E-state index is 0.435. The lowest BCUT2D eigenvalue weighted by Gasteiger charge is -2.04. The molecule has 0 radical (unpaired) electrons. The summed E-state index contributed by atoms with van der Waals surface area (Å²) >= 11 is 0. The summed E-state index contributed by atoms with van der Waals surface area (Å²) in [5.74, 6) is -4.89. The molecule has 0 aliphatic rings. The van der Waals surface area contributed by atoms with Gasteiger partial charge in [-0.05, 0) is 0 Å². The van der Waals surface area contributed by atoms with Gasteiger partial charge in [0, 0.05) is 0 Å². The van der Waals surface area contributed by atoms with E-state index in [1.807, 2.05) is 0 Å². The summed E-state index contributed by atoms with van der Waals surface area (Å²) in [4.78, 5) is 20.6. The fourth-order valence-corrected chi connectivity index (χ4v) is 0.668. The Balaban J connectivity index is 2.55. The highest BCUT2D eigenvalue weighted by Gasteiger charge is 2.38. The first-order valence-electron chi connectivity index (χ1n) is 3.71. The quantitative estimate of drug-likeness (QED) is 0.765. The molecule has 16 heavy (non-hydrogen) atoms. The van der Waals surface area contributed by atoms with Gasteiger partial charge in [-0.3, -0.25) is 4.79 Å². The van der Waals surface area contributed by atoms with E-state index in [1.54, 1.807) is 0 Å². The summed E-state index contributed by atoms with van der Waals surface area (Å²) in [6.45, 7) is -0.696. The van der Waals surface area contributed by atoms with Crippen molar-refractivity contribution < 1.29 is 32.3 Å². The molecule has 1 amide bonds. The van der Waals surface area contributed by atoms with Gasteiger partial charge in [0.25, 0.3) is 0 Å². The van der Waals surface area contributed by atoms with Crippen molar-refractivity contribution in [2.75, 3.05) is 0 Å². The molecule has 10 heteroatoms. The lowest BCUT2D eigenvalue weighted by molar-refractivity contribution is -0.173. The molecule has 88 valence electrons. The van der Waals surface area contributed by atoms with Crippen molar-refractivity contribution >= 4 is 11.9 Å². The number of nitrogens with zero attached hydrogens (tertiary/aromatic N) is 2. The summed E-state index contributed by atoms with van der Waals surface area (Å²) in [6, 6.07) is 0. The van der Waals surface area contributed by atoms with E-state index in [4.69, 9.17) is 5.11 Å². The van der Waals surface area contributed by atoms with E-state index < -0.39 is 36.4 Å². The number of nitrogens with one attached hydrogen (secondary N) is 1. The van der Waals surface area contributed by atoms with Gasteiger partial charge in [0.05, 0.1) is 6.54 Å². The van der Waals surface area contributed by atoms with Crippen molar-refractivity contribution in [1.82, 2.24) is 15.5 Å². The van der Waals surface area contributed by atoms with Crippen LogP contribution in [0.25, 0.3) is 0 Å². The number of carboxylic acid groups (broad SMARTS) is 1. The highest BCUT2D eigenvalue weighted by atomic mass is 19.4. The predicted molar refractivity (Wildman–Crippen MR) is 39.2 cm³/mol. The summed E-state index contributed by atoms with van der Waals surface area (Å²) < 4.78 is 39.5. The molecule has 0 unspecified atom stereocenters. The third-order valence-electron chi connectivity index (χ3n) is 1.31. The lowest BCUT2D eigenvalue weighted by atomic mass is 10.5. The van der Waals surface area contributed by atoms with E-state index in [2.05, 4.69) is 14.6 Å². The normalized spacial score (nSPS) is 11.2. The van der Waals surface area contributed by atoms with E-state index in [0.717, 1.165) is 0 Å². The number of aromatic nitrogens is 2. The molecular formula is C6H4F3N3O4. The maximum absolute atomic E-state index is 11.7. The fourth-order valence-electron chi connectivity index (χ4n) is 0.668. The highest BCUT2D eigenvalue weighted by Crippen LogP contribution is 2.14. The van der Waals surface area contributed by atoms with E-state index in [-0.39, 0.29) is 0 Å². The molecule has 1 rings (SSSR count). The van der Waals surface area contributed by atoms with Crippen molar-refractivity contribution in [3.05, 3.63) is 11.8 Å². The molecule has 1 aromatic heterocycles. The van der Waals surface area contributed by atoms with Crippen LogP contribution in [0.1, 0.15) is 16.6 Å². The lowest BCUT2D eigenvalue weighted by Crippen LogP contribution is -2.36. The number of alkyl halides is 3. The largest absolute Gasteiger partial charge is 0.474 e. The number of carbonyl (C=O) groups is 2. The number of carbonyl (C=O) groups excluding carboxylic acids is 1. The third kappa shape index (κ3) is 2.93. The van der Waals surface area contributed by atoms with Gasteiger partial charge in [0.15, 0.2) is 0 Å². The van der Waals surface area contributed by atoms with Gasteiger partial charge in [-0.15, -0.1) is 10.2 Å². The fraction of sp³-hybridized carbons (Fsp3) is 0.333. The van der Waals surface area contributed by atoms with Crippen molar-refractivity contribution in [3.63, 3.8) is 0 Å². The number of rotatable bonds is 3. The van der Waals surface area contributed by atoms with E-state index in [9.17, 15) is 22.8 Å². The van der Waals surface area contributed by atoms with Gasteiger partial charge in [0.1, 0.15) is 0 Å². The van der Waals surface area contributed by atoms with Gasteiger partial charge >= 0.3 is 23.9 Å². The molecule has 2 N–H and O–H groups in total. The van der Waals surface area contributed by atoms with Gasteiger partial charge < -0.3 is 14.8 Å². The molecule has 0 aliphatic heterocycles. The maximum Gasteiger partial charge on any atom is 0.471 e. The molecule has 0 fully saturated rings. The molecule has 1 heterocycles. The Morgan fingerprint density at radius 2 is 2.00 bits per heavy atom.